The first-order chi connectivity index (χ1) is 6.38. The highest BCUT2D eigenvalue weighted by Crippen LogP contribution is 2.42. The Morgan fingerprint density at radius 2 is 1.77 bits per heavy atom. The number of rotatable bonds is 4. The van der Waals surface area contributed by atoms with Gasteiger partial charge in [0.1, 0.15) is 0 Å². The number of hydrogen-bond acceptors (Lipinski definition) is 1. The molecule has 0 heterocycles. The van der Waals surface area contributed by atoms with E-state index >= 15 is 0 Å². The fraction of sp³-hybridized carbons (Fsp3) is 1.00. The quantitative estimate of drug-likeness (QED) is 0.606. The van der Waals surface area contributed by atoms with Gasteiger partial charge in [0.05, 0.1) is 6.10 Å². The van der Waals surface area contributed by atoms with E-state index in [-0.39, 0.29) is 0 Å². The zero-order chi connectivity index (χ0) is 9.10. The summed E-state index contributed by atoms with van der Waals surface area (Å²) in [5, 5.41) is 0. The lowest BCUT2D eigenvalue weighted by Gasteiger charge is -2.27. The van der Waals surface area contributed by atoms with Gasteiger partial charge in [-0.25, -0.2) is 0 Å². The van der Waals surface area contributed by atoms with Crippen molar-refractivity contribution in [3.63, 3.8) is 0 Å². The van der Waals surface area contributed by atoms with Crippen molar-refractivity contribution in [3.05, 3.63) is 0 Å². The van der Waals surface area contributed by atoms with Gasteiger partial charge < -0.3 is 4.74 Å². The molecule has 0 spiro atoms. The second-order valence-corrected chi connectivity index (χ2v) is 4.86. The van der Waals surface area contributed by atoms with Crippen molar-refractivity contribution >= 4 is 0 Å². The summed E-state index contributed by atoms with van der Waals surface area (Å²) in [6, 6.07) is 0. The first-order valence-corrected chi connectivity index (χ1v) is 6.00. The van der Waals surface area contributed by atoms with Gasteiger partial charge in [0, 0.05) is 6.61 Å². The van der Waals surface area contributed by atoms with Crippen LogP contribution in [0.1, 0.15) is 51.9 Å². The second-order valence-electron chi connectivity index (χ2n) is 4.86. The van der Waals surface area contributed by atoms with Gasteiger partial charge in [-0.3, -0.25) is 0 Å². The topological polar surface area (TPSA) is 9.23 Å². The van der Waals surface area contributed by atoms with Crippen LogP contribution in [0.15, 0.2) is 0 Å². The summed E-state index contributed by atoms with van der Waals surface area (Å²) in [6.45, 7) is 3.23. The third-order valence-electron chi connectivity index (χ3n) is 3.69. The van der Waals surface area contributed by atoms with E-state index in [1.807, 2.05) is 0 Å². The predicted octanol–water partition coefficient (Wildman–Crippen LogP) is 3.38. The SMILES string of the molecule is CCCCOC1CC2CCC(C2)C1. The second kappa shape index (κ2) is 4.45. The Kier molecular flexibility index (Phi) is 3.26. The van der Waals surface area contributed by atoms with Crippen LogP contribution in [0.25, 0.3) is 0 Å². The van der Waals surface area contributed by atoms with Crippen LogP contribution < -0.4 is 0 Å². The van der Waals surface area contributed by atoms with Gasteiger partial charge in [-0.15, -0.1) is 0 Å². The first-order valence-electron chi connectivity index (χ1n) is 6.00. The van der Waals surface area contributed by atoms with Crippen LogP contribution in [0.5, 0.6) is 0 Å². The van der Waals surface area contributed by atoms with Gasteiger partial charge in [0.25, 0.3) is 0 Å². The van der Waals surface area contributed by atoms with E-state index in [4.69, 9.17) is 4.74 Å². The highest BCUT2D eigenvalue weighted by Gasteiger charge is 2.34. The lowest BCUT2D eigenvalue weighted by Crippen LogP contribution is -2.23. The summed E-state index contributed by atoms with van der Waals surface area (Å²) in [5.41, 5.74) is 0. The van der Waals surface area contributed by atoms with Gasteiger partial charge in [-0.2, -0.15) is 0 Å². The van der Waals surface area contributed by atoms with E-state index in [1.54, 1.807) is 0 Å². The molecule has 0 radical (unpaired) electrons. The minimum atomic E-state index is 0.623. The standard InChI is InChI=1S/C12H22O/c1-2-3-6-13-12-8-10-4-5-11(7-10)9-12/h10-12H,2-9H2,1H3. The Hall–Kier alpha value is -0.0400. The summed E-state index contributed by atoms with van der Waals surface area (Å²) in [6.07, 6.45) is 10.3. The van der Waals surface area contributed by atoms with E-state index in [0.29, 0.717) is 6.10 Å². The van der Waals surface area contributed by atoms with E-state index in [9.17, 15) is 0 Å². The van der Waals surface area contributed by atoms with Gasteiger partial charge >= 0.3 is 0 Å². The molecule has 2 aliphatic rings. The maximum Gasteiger partial charge on any atom is 0.0580 e. The average molecular weight is 182 g/mol. The van der Waals surface area contributed by atoms with Gasteiger partial charge in [0.2, 0.25) is 0 Å². The molecule has 0 aliphatic heterocycles. The van der Waals surface area contributed by atoms with Crippen molar-refractivity contribution in [2.75, 3.05) is 6.61 Å². The molecular formula is C12H22O. The fourth-order valence-electron chi connectivity index (χ4n) is 2.98. The van der Waals surface area contributed by atoms with Crippen molar-refractivity contribution in [2.24, 2.45) is 11.8 Å². The summed E-state index contributed by atoms with van der Waals surface area (Å²) < 4.78 is 5.90. The lowest BCUT2D eigenvalue weighted by atomic mass is 9.87. The molecule has 2 aliphatic carbocycles. The number of fused-ring (bicyclic) bond motifs is 2. The third-order valence-corrected chi connectivity index (χ3v) is 3.69. The molecule has 0 aromatic heterocycles. The molecule has 2 atom stereocenters. The molecule has 1 nitrogen and oxygen atoms in total. The van der Waals surface area contributed by atoms with E-state index in [0.717, 1.165) is 18.4 Å². The largest absolute Gasteiger partial charge is 0.378 e. The molecule has 0 N–H and O–H groups in total. The fourth-order valence-corrected chi connectivity index (χ4v) is 2.98. The molecule has 0 aromatic carbocycles. The summed E-state index contributed by atoms with van der Waals surface area (Å²) >= 11 is 0. The minimum Gasteiger partial charge on any atom is -0.378 e. The highest BCUT2D eigenvalue weighted by atomic mass is 16.5. The van der Waals surface area contributed by atoms with Gasteiger partial charge in [-0.1, -0.05) is 26.2 Å². The maximum atomic E-state index is 5.90. The number of unbranched alkanes of at least 4 members (excludes halogenated alkanes) is 1. The van der Waals surface area contributed by atoms with Crippen molar-refractivity contribution in [1.82, 2.24) is 0 Å². The minimum absolute atomic E-state index is 0.623. The molecule has 0 amide bonds. The van der Waals surface area contributed by atoms with Crippen molar-refractivity contribution < 1.29 is 4.74 Å². The molecule has 0 aromatic rings. The normalized spacial score (nSPS) is 38.1. The monoisotopic (exact) mass is 182 g/mol. The average Bonchev–Trinajstić information content (AvgIpc) is 2.46. The third kappa shape index (κ3) is 2.46. The number of hydrogen-bond donors (Lipinski definition) is 0. The smallest absolute Gasteiger partial charge is 0.0580 e. The summed E-state index contributed by atoms with van der Waals surface area (Å²) in [5.74, 6) is 2.04. The zero-order valence-electron chi connectivity index (χ0n) is 8.80. The molecule has 2 bridgehead atoms. The van der Waals surface area contributed by atoms with Crippen LogP contribution in [0, 0.1) is 11.8 Å². The van der Waals surface area contributed by atoms with E-state index in [1.165, 1.54) is 44.9 Å². The molecule has 76 valence electrons. The van der Waals surface area contributed by atoms with Crippen LogP contribution in [-0.2, 0) is 4.74 Å². The Morgan fingerprint density at radius 1 is 1.08 bits per heavy atom. The molecule has 2 saturated carbocycles. The Bertz CT molecular complexity index is 143. The molecule has 1 heteroatoms. The lowest BCUT2D eigenvalue weighted by molar-refractivity contribution is 0.00853. The van der Waals surface area contributed by atoms with Crippen LogP contribution in [-0.4, -0.2) is 12.7 Å². The molecule has 2 rings (SSSR count). The predicted molar refractivity (Wildman–Crippen MR) is 54.7 cm³/mol. The first kappa shape index (κ1) is 9.51. The van der Waals surface area contributed by atoms with Gasteiger partial charge in [-0.05, 0) is 37.5 Å². The van der Waals surface area contributed by atoms with E-state index < -0.39 is 0 Å². The Morgan fingerprint density at radius 3 is 2.38 bits per heavy atom. The maximum absolute atomic E-state index is 5.90. The molecule has 0 saturated heterocycles. The summed E-state index contributed by atoms with van der Waals surface area (Å²) in [4.78, 5) is 0. The van der Waals surface area contributed by atoms with E-state index in [2.05, 4.69) is 6.92 Å². The van der Waals surface area contributed by atoms with Crippen molar-refractivity contribution in [3.8, 4) is 0 Å². The van der Waals surface area contributed by atoms with Crippen LogP contribution in [0.3, 0.4) is 0 Å². The molecule has 2 fully saturated rings. The number of ether oxygens (including phenoxy) is 1. The van der Waals surface area contributed by atoms with Crippen molar-refractivity contribution in [2.45, 2.75) is 58.0 Å². The van der Waals surface area contributed by atoms with Gasteiger partial charge in [0.15, 0.2) is 0 Å². The highest BCUT2D eigenvalue weighted by molar-refractivity contribution is 4.85. The van der Waals surface area contributed by atoms with Crippen LogP contribution in [0.4, 0.5) is 0 Å². The molecule has 13 heavy (non-hydrogen) atoms. The van der Waals surface area contributed by atoms with Crippen LogP contribution in [0.2, 0.25) is 0 Å². The van der Waals surface area contributed by atoms with Crippen molar-refractivity contribution in [1.29, 1.82) is 0 Å². The Labute approximate surface area is 81.9 Å². The summed E-state index contributed by atoms with van der Waals surface area (Å²) in [7, 11) is 0. The molecule has 2 unspecified atom stereocenters. The zero-order valence-corrected chi connectivity index (χ0v) is 8.80. The Balaban J connectivity index is 1.69. The molecular weight excluding hydrogens is 160 g/mol. The van der Waals surface area contributed by atoms with Crippen LogP contribution >= 0.6 is 0 Å².